The summed E-state index contributed by atoms with van der Waals surface area (Å²) in [6, 6.07) is 1.82. The second kappa shape index (κ2) is 53.5. The zero-order chi connectivity index (χ0) is 86.4. The monoisotopic (exact) mass is 2370 g/mol. The molecule has 0 bridgehead atoms. The van der Waals surface area contributed by atoms with Crippen molar-refractivity contribution in [2.45, 2.75) is 321 Å². The van der Waals surface area contributed by atoms with Gasteiger partial charge >= 0.3 is 12.0 Å². The molecule has 45 heteroatoms. The molecule has 0 spiro atoms. The number of aromatic nitrogens is 2. The van der Waals surface area contributed by atoms with Gasteiger partial charge in [-0.15, -0.1) is 0 Å². The normalized spacial score (nSPS) is 37.8. The third-order valence-corrected chi connectivity index (χ3v) is 22.2. The van der Waals surface area contributed by atoms with Crippen LogP contribution in [0.2, 0.25) is 39.3 Å². The van der Waals surface area contributed by atoms with Crippen molar-refractivity contribution >= 4 is 28.5 Å². The number of aliphatic hydroxyl groups excluding tert-OH is 16. The van der Waals surface area contributed by atoms with Crippen LogP contribution < -0.4 is 46.5 Å². The summed E-state index contributed by atoms with van der Waals surface area (Å²) in [6.45, 7) is 32.7. The van der Waals surface area contributed by atoms with Gasteiger partial charge in [0.25, 0.3) is 0 Å². The summed E-state index contributed by atoms with van der Waals surface area (Å²) in [5, 5.41) is 166. The van der Waals surface area contributed by atoms with Crippen LogP contribution in [0, 0.1) is 162 Å². The molecule has 12 aliphatic rings. The Kier molecular flexibility index (Phi) is 50.3. The first-order valence-electron chi connectivity index (χ1n) is 39.9. The standard InChI is InChI=1S/2C11H20N2O4.2C11H20N2O3.C10H20N2O2Si2.C9H15N3O4.C7H14O3.C4H6N2O2.3Ac/c2*1-3-7-6(2)9(15)10(17-7)13-5-4-8(14)12-11(13)16;2*1-3-8-7(2)6-10(16-8)13-5-4-9(14)12-11(13)15;1-15(2,3)13-9-7-8-11-10(12-9)14-16(4,5)6;10-7-1-2-12(9(15)11-7)8-3-5(14)6(4-13)16-8;1-3-5-4(2)6(8)7(9)10-5;7-3-1-2-5-4(8)6-3;;;/h2*4-12,14-16H,3H2,1-2H3;2*4-5,7-12,14-15H,3,6H2,1-2H3;7-8H,1-6H3;1-2,5-6,8-9,13-15H,3-4H2,(H2,10,11);4-9H,3H2,1-2H3;1-3,7H,(H2,5,6,8);;;/t2*6?,7-,8+,9?,10-,11+;2*7?,8-,9+,10-,11+;;5?,6-,8-,9+;4?,5-,6?,7?;3-;;;/m0000.000.../s1. The molecule has 2 amide bonds. The van der Waals surface area contributed by atoms with Gasteiger partial charge in [-0.1, -0.05) is 69.2 Å². The van der Waals surface area contributed by atoms with Crippen molar-refractivity contribution in [2.75, 3.05) is 6.61 Å². The fourth-order valence-electron chi connectivity index (χ4n) is 14.0. The molecular formula is C74H135Ac3N15O25Si2. The minimum atomic E-state index is -1.65. The number of ether oxygens (including phenoxy) is 6. The van der Waals surface area contributed by atoms with E-state index in [1.54, 1.807) is 65.2 Å². The van der Waals surface area contributed by atoms with E-state index in [1.165, 1.54) is 45.2 Å². The van der Waals surface area contributed by atoms with Gasteiger partial charge in [0.15, 0.2) is 44.2 Å². The Morgan fingerprint density at radius 1 is 0.479 bits per heavy atom. The van der Waals surface area contributed by atoms with Gasteiger partial charge in [0.05, 0.1) is 43.2 Å². The SMILES string of the molecule is CC[C@@H]1OC(O)C(O)C1C.CC[C@@H]1O[C@H](N2C=C[C@@H](O)N[C@H]2O)C(O)C1C.CC[C@@H]1O[C@H](N2C=C[C@@H](O)N[C@H]2O)C(O)C1C.CC[C@@H]1O[C@H](N2C=C[C@@H](O)N[C@H]2O)CC1C.CC[C@@H]1O[C@H](N2C=C[C@@H](O)N[C@H]2O)CC1C.C[Si](C)(C)Oc1ccnc(O[Si](C)(C)C)n1.NC1=N[C@@H](O)N([C@@H]2CC(O)[C@H](CO)O2)C=C1.O=C1NC=C[C@H](O)N1.[Ac].[Ac].[Ac]. The van der Waals surface area contributed by atoms with Crippen LogP contribution in [0.4, 0.5) is 4.79 Å². The van der Waals surface area contributed by atoms with E-state index in [1.807, 2.05) is 41.5 Å². The molecule has 13 rings (SSSR count). The molecule has 12 aliphatic heterocycles. The Morgan fingerprint density at radius 2 is 0.866 bits per heavy atom. The minimum absolute atomic E-state index is 0. The van der Waals surface area contributed by atoms with Crippen molar-refractivity contribution in [2.24, 2.45) is 40.3 Å². The number of aliphatic imine (C=N–C) groups is 1. The molecule has 0 saturated carbocycles. The number of aliphatic hydroxyl groups is 16. The average molecular weight is 2370 g/mol. The molecule has 673 valence electrons. The van der Waals surface area contributed by atoms with Gasteiger partial charge < -0.3 is 160 Å². The quantitative estimate of drug-likeness (QED) is 0.0903. The number of nitrogens with zero attached hydrogens (tertiary/aromatic N) is 8. The maximum absolute atomic E-state index is 10.2. The Morgan fingerprint density at radius 3 is 1.18 bits per heavy atom. The summed E-state index contributed by atoms with van der Waals surface area (Å²) in [7, 11) is -3.26. The second-order valence-corrected chi connectivity index (χ2v) is 40.7. The van der Waals surface area contributed by atoms with Gasteiger partial charge in [-0.3, -0.25) is 0 Å². The van der Waals surface area contributed by atoms with Crippen molar-refractivity contribution in [1.29, 1.82) is 0 Å². The van der Waals surface area contributed by atoms with Crippen molar-refractivity contribution in [3.63, 3.8) is 0 Å². The molecule has 1 aromatic heterocycles. The van der Waals surface area contributed by atoms with E-state index in [4.69, 9.17) is 58.3 Å². The summed E-state index contributed by atoms with van der Waals surface area (Å²) in [5.41, 5.74) is 5.41. The number of amidine groups is 1. The molecule has 10 unspecified atom stereocenters. The maximum Gasteiger partial charge on any atom is 0.321 e. The smallest absolute Gasteiger partial charge is 0.321 e. The summed E-state index contributed by atoms with van der Waals surface area (Å²) in [4.78, 5) is 30.1. The summed E-state index contributed by atoms with van der Waals surface area (Å²) >= 11 is 0. The first kappa shape index (κ1) is 112. The molecule has 40 nitrogen and oxygen atoms in total. The third kappa shape index (κ3) is 34.8. The number of amides is 2. The predicted octanol–water partition coefficient (Wildman–Crippen LogP) is -1.35. The number of rotatable bonds is 15. The van der Waals surface area contributed by atoms with Gasteiger partial charge in [-0.2, -0.15) is 4.98 Å². The molecular weight excluding hydrogens is 2240 g/mol. The molecule has 3 radical (unpaired) electrons. The van der Waals surface area contributed by atoms with Crippen molar-refractivity contribution in [3.8, 4) is 11.9 Å². The summed E-state index contributed by atoms with van der Waals surface area (Å²) < 4.78 is 45.1. The Balaban J connectivity index is 0.000000353. The molecule has 0 aromatic carbocycles. The molecule has 1 aromatic rings. The summed E-state index contributed by atoms with van der Waals surface area (Å²) in [6.07, 6.45) is 12.0. The van der Waals surface area contributed by atoms with Crippen LogP contribution in [0.3, 0.4) is 0 Å². The Bertz CT molecular complexity index is 3150. The summed E-state index contributed by atoms with van der Waals surface area (Å²) in [5.74, 6) is 1.96. The van der Waals surface area contributed by atoms with E-state index in [0.29, 0.717) is 30.1 Å². The minimum Gasteiger partial charge on any atom is -0.531 e. The largest absolute Gasteiger partial charge is 0.531 e. The Labute approximate surface area is 808 Å². The van der Waals surface area contributed by atoms with E-state index in [2.05, 4.69) is 114 Å². The molecule has 119 heavy (non-hydrogen) atoms. The zero-order valence-electron chi connectivity index (χ0n) is 71.1. The van der Waals surface area contributed by atoms with E-state index in [0.717, 1.165) is 44.9 Å². The predicted molar refractivity (Wildman–Crippen MR) is 426 cm³/mol. The first-order valence-corrected chi connectivity index (χ1v) is 46.7. The van der Waals surface area contributed by atoms with E-state index in [-0.39, 0.29) is 211 Å². The maximum atomic E-state index is 10.2. The average Bonchev–Trinajstić information content (AvgIpc) is 1.66. The van der Waals surface area contributed by atoms with E-state index < -0.39 is 135 Å². The van der Waals surface area contributed by atoms with Crippen LogP contribution in [0.15, 0.2) is 90.9 Å². The fraction of sp³-hybridized carbons (Fsp3) is 0.757. The first-order chi connectivity index (χ1) is 54.5. The topological polar surface area (TPSA) is 567 Å². The van der Waals surface area contributed by atoms with Crippen LogP contribution in [0.25, 0.3) is 0 Å². The van der Waals surface area contributed by atoms with Crippen LogP contribution in [0.5, 0.6) is 11.9 Å². The Hall–Kier alpha value is -1.42. The van der Waals surface area contributed by atoms with Gasteiger partial charge in [0.2, 0.25) is 28.9 Å². The molecule has 31 atom stereocenters. The number of carbonyl (C=O) groups is 1. The molecule has 13 heterocycles. The fourth-order valence-corrected chi connectivity index (χ4v) is 15.4. The number of nitrogens with two attached hydrogens (primary N) is 1. The van der Waals surface area contributed by atoms with E-state index >= 15 is 0 Å². The van der Waals surface area contributed by atoms with Crippen LogP contribution in [-0.4, -0.2) is 313 Å². The van der Waals surface area contributed by atoms with Crippen molar-refractivity contribution in [3.05, 3.63) is 85.9 Å². The third-order valence-electron chi connectivity index (χ3n) is 20.6. The van der Waals surface area contributed by atoms with Gasteiger partial charge in [-0.05, 0) is 133 Å². The van der Waals surface area contributed by atoms with Crippen LogP contribution in [0.1, 0.15) is 121 Å². The van der Waals surface area contributed by atoms with Gasteiger partial charge in [-0.25, -0.2) is 36.0 Å². The van der Waals surface area contributed by atoms with Crippen molar-refractivity contribution < 1.29 is 256 Å². The molecule has 24 N–H and O–H groups in total. The second-order valence-electron chi connectivity index (χ2n) is 31.9. The number of hydrogen-bond acceptors (Lipinski definition) is 38. The molecule has 0 aliphatic carbocycles. The van der Waals surface area contributed by atoms with Gasteiger partial charge in [0, 0.05) is 206 Å². The number of hydrogen-bond donors (Lipinski definition) is 23. The van der Waals surface area contributed by atoms with Gasteiger partial charge in [0.1, 0.15) is 80.1 Å². The zero-order valence-corrected chi connectivity index (χ0v) is 87.3. The molecule has 6 saturated heterocycles. The van der Waals surface area contributed by atoms with Crippen molar-refractivity contribution in [1.82, 2.24) is 66.4 Å². The number of carbonyl (C=O) groups excluding carboxylic acids is 1. The van der Waals surface area contributed by atoms with Crippen LogP contribution in [-0.2, 0) is 28.4 Å². The molecule has 6 fully saturated rings. The van der Waals surface area contributed by atoms with E-state index in [9.17, 15) is 71.2 Å². The number of urea groups is 1. The van der Waals surface area contributed by atoms with Crippen LogP contribution >= 0.6 is 0 Å². The number of nitrogens with one attached hydrogen (secondary N) is 6.